The largest absolute Gasteiger partial charge is 0.423 e. The number of anilines is 1. The number of carbonyl (C=O) groups is 1. The second-order valence-electron chi connectivity index (χ2n) is 4.83. The molecule has 0 saturated carbocycles. The Morgan fingerprint density at radius 3 is 2.52 bits per heavy atom. The highest BCUT2D eigenvalue weighted by Gasteiger charge is 2.06. The van der Waals surface area contributed by atoms with E-state index < -0.39 is 0 Å². The van der Waals surface area contributed by atoms with Crippen molar-refractivity contribution in [2.45, 2.75) is 6.92 Å². The van der Waals surface area contributed by atoms with E-state index in [1.165, 1.54) is 6.07 Å². The van der Waals surface area contributed by atoms with Crippen LogP contribution in [-0.2, 0) is 0 Å². The number of hydrogen-bond donors (Lipinski definition) is 1. The van der Waals surface area contributed by atoms with Gasteiger partial charge in [0.25, 0.3) is 5.91 Å². The van der Waals surface area contributed by atoms with Gasteiger partial charge in [0.15, 0.2) is 0 Å². The minimum absolute atomic E-state index is 0.174. The molecule has 21 heavy (non-hydrogen) atoms. The quantitative estimate of drug-likeness (QED) is 0.732. The van der Waals surface area contributed by atoms with Gasteiger partial charge in [-0.05, 0) is 43.3 Å². The number of carbonyl (C=O) groups excluding carboxylic acids is 1. The molecule has 4 nitrogen and oxygen atoms in total. The van der Waals surface area contributed by atoms with Gasteiger partial charge in [0.2, 0.25) is 0 Å². The van der Waals surface area contributed by atoms with Crippen LogP contribution < -0.4 is 10.9 Å². The topological polar surface area (TPSA) is 59.3 Å². The standard InChI is InChI=1S/C17H13NO3/c1-11-2-4-12(5-3-11)17(20)18-14-7-8-15-13(10-14)6-9-16(19)21-15/h2-10H,1H3,(H,18,20). The number of aryl methyl sites for hydroxylation is 1. The van der Waals surface area contributed by atoms with E-state index in [0.29, 0.717) is 16.8 Å². The molecule has 0 unspecified atom stereocenters. The van der Waals surface area contributed by atoms with E-state index in [1.807, 2.05) is 19.1 Å². The zero-order valence-corrected chi connectivity index (χ0v) is 11.4. The maximum absolute atomic E-state index is 12.1. The Kier molecular flexibility index (Phi) is 3.28. The Morgan fingerprint density at radius 2 is 1.76 bits per heavy atom. The molecule has 0 saturated heterocycles. The summed E-state index contributed by atoms with van der Waals surface area (Å²) in [7, 11) is 0. The van der Waals surface area contributed by atoms with E-state index in [-0.39, 0.29) is 11.5 Å². The van der Waals surface area contributed by atoms with Crippen LogP contribution in [0.1, 0.15) is 15.9 Å². The van der Waals surface area contributed by atoms with Crippen molar-refractivity contribution in [1.82, 2.24) is 0 Å². The summed E-state index contributed by atoms with van der Waals surface area (Å²) in [6.45, 7) is 1.97. The van der Waals surface area contributed by atoms with Crippen LogP contribution in [0.15, 0.2) is 63.8 Å². The first-order chi connectivity index (χ1) is 10.1. The van der Waals surface area contributed by atoms with Crippen molar-refractivity contribution in [3.63, 3.8) is 0 Å². The molecule has 4 heteroatoms. The lowest BCUT2D eigenvalue weighted by Crippen LogP contribution is -2.11. The number of fused-ring (bicyclic) bond motifs is 1. The van der Waals surface area contributed by atoms with E-state index in [1.54, 1.807) is 36.4 Å². The van der Waals surface area contributed by atoms with Gasteiger partial charge in [-0.25, -0.2) is 4.79 Å². The summed E-state index contributed by atoms with van der Waals surface area (Å²) in [5.74, 6) is -0.174. The van der Waals surface area contributed by atoms with Gasteiger partial charge in [0, 0.05) is 22.7 Å². The Morgan fingerprint density at radius 1 is 1.00 bits per heavy atom. The van der Waals surface area contributed by atoms with E-state index >= 15 is 0 Å². The maximum atomic E-state index is 12.1. The Hall–Kier alpha value is -2.88. The number of amides is 1. The third kappa shape index (κ3) is 2.84. The molecule has 0 fully saturated rings. The lowest BCUT2D eigenvalue weighted by atomic mass is 10.1. The number of hydrogen-bond acceptors (Lipinski definition) is 3. The van der Waals surface area contributed by atoms with E-state index in [9.17, 15) is 9.59 Å². The molecule has 0 bridgehead atoms. The van der Waals surface area contributed by atoms with Gasteiger partial charge < -0.3 is 9.73 Å². The Bertz CT molecular complexity index is 863. The monoisotopic (exact) mass is 279 g/mol. The molecule has 0 atom stereocenters. The van der Waals surface area contributed by atoms with E-state index in [4.69, 9.17) is 4.42 Å². The van der Waals surface area contributed by atoms with Crippen LogP contribution in [0.3, 0.4) is 0 Å². The van der Waals surface area contributed by atoms with Crippen molar-refractivity contribution in [2.24, 2.45) is 0 Å². The average Bonchev–Trinajstić information content (AvgIpc) is 2.48. The Labute approximate surface area is 121 Å². The van der Waals surface area contributed by atoms with Crippen LogP contribution in [0, 0.1) is 6.92 Å². The molecule has 0 aliphatic heterocycles. The van der Waals surface area contributed by atoms with Gasteiger partial charge in [-0.2, -0.15) is 0 Å². The normalized spacial score (nSPS) is 10.5. The predicted octanol–water partition coefficient (Wildman–Crippen LogP) is 3.35. The molecule has 1 amide bonds. The fraction of sp³-hybridized carbons (Fsp3) is 0.0588. The molecule has 1 heterocycles. The molecule has 3 rings (SSSR count). The zero-order chi connectivity index (χ0) is 14.8. The summed E-state index contributed by atoms with van der Waals surface area (Å²) < 4.78 is 5.05. The first-order valence-electron chi connectivity index (χ1n) is 6.54. The summed E-state index contributed by atoms with van der Waals surface area (Å²) >= 11 is 0. The fourth-order valence-corrected chi connectivity index (χ4v) is 2.06. The summed E-state index contributed by atoms with van der Waals surface area (Å²) in [5, 5.41) is 3.59. The number of benzene rings is 2. The minimum Gasteiger partial charge on any atom is -0.423 e. The van der Waals surface area contributed by atoms with Crippen LogP contribution >= 0.6 is 0 Å². The van der Waals surface area contributed by atoms with Crippen molar-refractivity contribution in [2.75, 3.05) is 5.32 Å². The molecule has 0 spiro atoms. The lowest BCUT2D eigenvalue weighted by Gasteiger charge is -2.06. The molecule has 0 aliphatic carbocycles. The lowest BCUT2D eigenvalue weighted by molar-refractivity contribution is 0.102. The summed E-state index contributed by atoms with van der Waals surface area (Å²) in [6.07, 6.45) is 0. The van der Waals surface area contributed by atoms with Gasteiger partial charge >= 0.3 is 5.63 Å². The number of rotatable bonds is 2. The van der Waals surface area contributed by atoms with Gasteiger partial charge in [-0.1, -0.05) is 17.7 Å². The zero-order valence-electron chi connectivity index (χ0n) is 11.4. The van der Waals surface area contributed by atoms with Crippen molar-refractivity contribution in [3.05, 3.63) is 76.1 Å². The molecule has 1 N–H and O–H groups in total. The van der Waals surface area contributed by atoms with Gasteiger partial charge in [-0.15, -0.1) is 0 Å². The van der Waals surface area contributed by atoms with Gasteiger partial charge in [-0.3, -0.25) is 4.79 Å². The first kappa shape index (κ1) is 13.1. The fourth-order valence-electron chi connectivity index (χ4n) is 2.06. The van der Waals surface area contributed by atoms with Gasteiger partial charge in [0.05, 0.1) is 0 Å². The predicted molar refractivity (Wildman–Crippen MR) is 81.6 cm³/mol. The van der Waals surface area contributed by atoms with Crippen LogP contribution in [0.5, 0.6) is 0 Å². The average molecular weight is 279 g/mol. The molecular weight excluding hydrogens is 266 g/mol. The highest BCUT2D eigenvalue weighted by Crippen LogP contribution is 2.18. The second-order valence-corrected chi connectivity index (χ2v) is 4.83. The van der Waals surface area contributed by atoms with Crippen molar-refractivity contribution < 1.29 is 9.21 Å². The molecule has 0 radical (unpaired) electrons. The van der Waals surface area contributed by atoms with Crippen molar-refractivity contribution in [1.29, 1.82) is 0 Å². The molecule has 1 aromatic heterocycles. The van der Waals surface area contributed by atoms with Crippen molar-refractivity contribution in [3.8, 4) is 0 Å². The Balaban J connectivity index is 1.87. The van der Waals surface area contributed by atoms with Crippen LogP contribution in [0.4, 0.5) is 5.69 Å². The van der Waals surface area contributed by atoms with E-state index in [2.05, 4.69) is 5.32 Å². The molecule has 3 aromatic rings. The highest BCUT2D eigenvalue weighted by molar-refractivity contribution is 6.05. The molecule has 2 aromatic carbocycles. The minimum atomic E-state index is -0.390. The van der Waals surface area contributed by atoms with Crippen LogP contribution in [0.2, 0.25) is 0 Å². The van der Waals surface area contributed by atoms with Gasteiger partial charge in [0.1, 0.15) is 5.58 Å². The number of nitrogens with one attached hydrogen (secondary N) is 1. The van der Waals surface area contributed by atoms with Crippen LogP contribution in [-0.4, -0.2) is 5.91 Å². The third-order valence-corrected chi connectivity index (χ3v) is 3.19. The first-order valence-corrected chi connectivity index (χ1v) is 6.54. The smallest absolute Gasteiger partial charge is 0.336 e. The summed E-state index contributed by atoms with van der Waals surface area (Å²) in [5.41, 5.74) is 2.46. The van der Waals surface area contributed by atoms with Crippen LogP contribution in [0.25, 0.3) is 11.0 Å². The maximum Gasteiger partial charge on any atom is 0.336 e. The third-order valence-electron chi connectivity index (χ3n) is 3.19. The molecule has 104 valence electrons. The van der Waals surface area contributed by atoms with Crippen molar-refractivity contribution >= 4 is 22.6 Å². The SMILES string of the molecule is Cc1ccc(C(=O)Nc2ccc3oc(=O)ccc3c2)cc1. The molecular formula is C17H13NO3. The second kappa shape index (κ2) is 5.25. The summed E-state index contributed by atoms with van der Waals surface area (Å²) in [4.78, 5) is 23.3. The molecule has 0 aliphatic rings. The summed E-state index contributed by atoms with van der Waals surface area (Å²) in [6, 6.07) is 15.5. The highest BCUT2D eigenvalue weighted by atomic mass is 16.4. The van der Waals surface area contributed by atoms with E-state index in [0.717, 1.165) is 10.9 Å².